The topological polar surface area (TPSA) is 55.2 Å². The van der Waals surface area contributed by atoms with Crippen molar-refractivity contribution >= 4 is 21.6 Å². The third-order valence-electron chi connectivity index (χ3n) is 2.75. The molecule has 0 bridgehead atoms. The molecule has 0 atom stereocenters. The fourth-order valence-corrected chi connectivity index (χ4v) is 2.57. The van der Waals surface area contributed by atoms with E-state index < -0.39 is 0 Å². The largest absolute Gasteiger partial charge is 0.437 e. The summed E-state index contributed by atoms with van der Waals surface area (Å²) in [6.07, 6.45) is 2.16. The molecule has 4 nitrogen and oxygen atoms in total. The van der Waals surface area contributed by atoms with Gasteiger partial charge in [-0.25, -0.2) is 9.97 Å². The maximum absolute atomic E-state index is 8.87. The van der Waals surface area contributed by atoms with Gasteiger partial charge in [-0.1, -0.05) is 12.1 Å². The number of aliphatic hydroxyl groups excluding tert-OH is 1. The van der Waals surface area contributed by atoms with Crippen LogP contribution in [0.5, 0.6) is 11.6 Å². The van der Waals surface area contributed by atoms with E-state index in [0.717, 1.165) is 21.5 Å². The molecule has 0 spiro atoms. The fraction of sp³-hybridized carbons (Fsp3) is 0.143. The minimum Gasteiger partial charge on any atom is -0.437 e. The lowest BCUT2D eigenvalue weighted by molar-refractivity contribution is 0.299. The van der Waals surface area contributed by atoms with Crippen LogP contribution in [-0.2, 0) is 6.42 Å². The molecule has 1 aromatic carbocycles. The van der Waals surface area contributed by atoms with Gasteiger partial charge in [0.1, 0.15) is 16.8 Å². The molecule has 0 radical (unpaired) electrons. The van der Waals surface area contributed by atoms with E-state index in [4.69, 9.17) is 9.84 Å². The molecule has 0 aliphatic heterocycles. The van der Waals surface area contributed by atoms with Crippen LogP contribution in [0.3, 0.4) is 0 Å². The second-order valence-electron chi connectivity index (χ2n) is 4.03. The lowest BCUT2D eigenvalue weighted by Gasteiger charge is -2.06. The van der Waals surface area contributed by atoms with Crippen molar-refractivity contribution in [3.63, 3.8) is 0 Å². The van der Waals surface area contributed by atoms with Gasteiger partial charge in [-0.05, 0) is 35.6 Å². The van der Waals surface area contributed by atoms with E-state index in [1.807, 2.05) is 35.7 Å². The first-order valence-corrected chi connectivity index (χ1v) is 6.80. The Morgan fingerprint density at radius 2 is 1.95 bits per heavy atom. The van der Waals surface area contributed by atoms with E-state index in [1.54, 1.807) is 11.3 Å². The van der Waals surface area contributed by atoms with Crippen LogP contribution >= 0.6 is 11.3 Å². The number of benzene rings is 1. The van der Waals surface area contributed by atoms with Gasteiger partial charge < -0.3 is 9.84 Å². The minimum atomic E-state index is 0.155. The van der Waals surface area contributed by atoms with Crippen molar-refractivity contribution in [2.75, 3.05) is 6.61 Å². The number of aliphatic hydroxyl groups is 1. The van der Waals surface area contributed by atoms with Gasteiger partial charge >= 0.3 is 0 Å². The minimum absolute atomic E-state index is 0.155. The predicted molar refractivity (Wildman–Crippen MR) is 74.7 cm³/mol. The Morgan fingerprint density at radius 1 is 1.11 bits per heavy atom. The van der Waals surface area contributed by atoms with Gasteiger partial charge in [-0.2, -0.15) is 0 Å². The van der Waals surface area contributed by atoms with Crippen molar-refractivity contribution < 1.29 is 9.84 Å². The van der Waals surface area contributed by atoms with Crippen molar-refractivity contribution in [1.29, 1.82) is 0 Å². The zero-order chi connectivity index (χ0) is 13.1. The Labute approximate surface area is 114 Å². The Kier molecular flexibility index (Phi) is 3.39. The normalized spacial score (nSPS) is 10.8. The molecule has 0 saturated heterocycles. The number of hydrogen-bond donors (Lipinski definition) is 1. The van der Waals surface area contributed by atoms with Crippen LogP contribution in [0.15, 0.2) is 42.0 Å². The molecule has 19 heavy (non-hydrogen) atoms. The van der Waals surface area contributed by atoms with E-state index in [1.165, 1.54) is 6.33 Å². The van der Waals surface area contributed by atoms with Crippen molar-refractivity contribution in [2.24, 2.45) is 0 Å². The van der Waals surface area contributed by atoms with Crippen LogP contribution in [0.2, 0.25) is 0 Å². The molecule has 3 rings (SSSR count). The Hall–Kier alpha value is -1.98. The van der Waals surface area contributed by atoms with Gasteiger partial charge in [0, 0.05) is 6.61 Å². The molecule has 0 fully saturated rings. The molecular weight excluding hydrogens is 260 g/mol. The summed E-state index contributed by atoms with van der Waals surface area (Å²) in [5.74, 6) is 1.31. The molecule has 0 aliphatic carbocycles. The summed E-state index contributed by atoms with van der Waals surface area (Å²) in [7, 11) is 0. The van der Waals surface area contributed by atoms with Crippen LogP contribution in [0.4, 0.5) is 0 Å². The molecule has 0 amide bonds. The molecule has 2 heterocycles. The SMILES string of the molecule is OCCc1ccc(Oc2ncnc3ccsc23)cc1. The molecule has 0 aliphatic rings. The van der Waals surface area contributed by atoms with Gasteiger partial charge in [0.15, 0.2) is 0 Å². The number of aromatic nitrogens is 2. The smallest absolute Gasteiger partial charge is 0.240 e. The van der Waals surface area contributed by atoms with Crippen molar-refractivity contribution in [3.05, 3.63) is 47.6 Å². The number of ether oxygens (including phenoxy) is 1. The highest BCUT2D eigenvalue weighted by atomic mass is 32.1. The average molecular weight is 272 g/mol. The monoisotopic (exact) mass is 272 g/mol. The first kappa shape index (κ1) is 12.1. The summed E-state index contributed by atoms with van der Waals surface area (Å²) in [4.78, 5) is 8.34. The van der Waals surface area contributed by atoms with Gasteiger partial charge in [-0.15, -0.1) is 11.3 Å². The van der Waals surface area contributed by atoms with E-state index in [0.29, 0.717) is 12.3 Å². The predicted octanol–water partition coefficient (Wildman–Crippen LogP) is 3.02. The lowest BCUT2D eigenvalue weighted by atomic mass is 10.1. The van der Waals surface area contributed by atoms with E-state index in [2.05, 4.69) is 9.97 Å². The number of hydrogen-bond acceptors (Lipinski definition) is 5. The summed E-state index contributed by atoms with van der Waals surface area (Å²) in [6.45, 7) is 0.155. The fourth-order valence-electron chi connectivity index (χ4n) is 1.80. The van der Waals surface area contributed by atoms with Crippen LogP contribution in [0.1, 0.15) is 5.56 Å². The standard InChI is InChI=1S/C14H12N2O2S/c17-7-5-10-1-3-11(4-2-10)18-14-13-12(6-8-19-13)15-9-16-14/h1-4,6,8-9,17H,5,7H2. The van der Waals surface area contributed by atoms with Crippen LogP contribution in [-0.4, -0.2) is 21.7 Å². The summed E-state index contributed by atoms with van der Waals surface area (Å²) in [5, 5.41) is 10.8. The zero-order valence-electron chi connectivity index (χ0n) is 10.1. The zero-order valence-corrected chi connectivity index (χ0v) is 10.9. The van der Waals surface area contributed by atoms with E-state index in [9.17, 15) is 0 Å². The third kappa shape index (κ3) is 2.57. The Bertz CT molecular complexity index is 679. The first-order chi connectivity index (χ1) is 9.36. The Balaban J connectivity index is 1.86. The maximum Gasteiger partial charge on any atom is 0.240 e. The Morgan fingerprint density at radius 3 is 2.74 bits per heavy atom. The van der Waals surface area contributed by atoms with Crippen molar-refractivity contribution in [1.82, 2.24) is 9.97 Å². The second kappa shape index (κ2) is 5.34. The highest BCUT2D eigenvalue weighted by Crippen LogP contribution is 2.30. The molecule has 3 aromatic rings. The molecule has 0 saturated carbocycles. The summed E-state index contributed by atoms with van der Waals surface area (Å²) in [6, 6.07) is 9.59. The van der Waals surface area contributed by atoms with Gasteiger partial charge in [0.05, 0.1) is 5.52 Å². The summed E-state index contributed by atoms with van der Waals surface area (Å²) < 4.78 is 6.73. The number of fused-ring (bicyclic) bond motifs is 1. The highest BCUT2D eigenvalue weighted by molar-refractivity contribution is 7.17. The van der Waals surface area contributed by atoms with Gasteiger partial charge in [0.2, 0.25) is 5.88 Å². The van der Waals surface area contributed by atoms with E-state index in [-0.39, 0.29) is 6.61 Å². The number of rotatable bonds is 4. The van der Waals surface area contributed by atoms with Gasteiger partial charge in [0.25, 0.3) is 0 Å². The molecule has 0 unspecified atom stereocenters. The lowest BCUT2D eigenvalue weighted by Crippen LogP contribution is -1.92. The number of nitrogens with zero attached hydrogens (tertiary/aromatic N) is 2. The highest BCUT2D eigenvalue weighted by Gasteiger charge is 2.07. The molecular formula is C14H12N2O2S. The molecule has 2 aromatic heterocycles. The first-order valence-electron chi connectivity index (χ1n) is 5.92. The summed E-state index contributed by atoms with van der Waals surface area (Å²) in [5.41, 5.74) is 1.98. The summed E-state index contributed by atoms with van der Waals surface area (Å²) >= 11 is 1.56. The van der Waals surface area contributed by atoms with E-state index >= 15 is 0 Å². The van der Waals surface area contributed by atoms with Crippen molar-refractivity contribution in [2.45, 2.75) is 6.42 Å². The van der Waals surface area contributed by atoms with Crippen LogP contribution in [0, 0.1) is 0 Å². The maximum atomic E-state index is 8.87. The number of thiophene rings is 1. The molecule has 96 valence electrons. The quantitative estimate of drug-likeness (QED) is 0.793. The van der Waals surface area contributed by atoms with Crippen LogP contribution in [0.25, 0.3) is 10.2 Å². The molecule has 1 N–H and O–H groups in total. The second-order valence-corrected chi connectivity index (χ2v) is 4.95. The van der Waals surface area contributed by atoms with Crippen molar-refractivity contribution in [3.8, 4) is 11.6 Å². The third-order valence-corrected chi connectivity index (χ3v) is 3.64. The van der Waals surface area contributed by atoms with Crippen LogP contribution < -0.4 is 4.74 Å². The van der Waals surface area contributed by atoms with Gasteiger partial charge in [-0.3, -0.25) is 0 Å². The molecule has 5 heteroatoms. The average Bonchev–Trinajstić information content (AvgIpc) is 2.91.